The number of fused-ring (bicyclic) bond motifs is 9. The average molecular weight is 677 g/mol. The quantitative estimate of drug-likeness (QED) is 0.169. The fraction of sp³-hybridized carbons (Fsp3) is 0. The average Bonchev–Trinajstić information content (AvgIpc) is 3.79. The second-order valence-corrected chi connectivity index (χ2v) is 13.7. The highest BCUT2D eigenvalue weighted by atomic mass is 16.3. The van der Waals surface area contributed by atoms with Crippen LogP contribution in [0.25, 0.3) is 82.1 Å². The molecule has 0 radical (unpaired) electrons. The summed E-state index contributed by atoms with van der Waals surface area (Å²) >= 11 is 0. The molecule has 3 nitrogen and oxygen atoms in total. The van der Waals surface area contributed by atoms with Crippen molar-refractivity contribution in [3.8, 4) is 16.8 Å². The van der Waals surface area contributed by atoms with Crippen LogP contribution in [0.15, 0.2) is 199 Å². The molecule has 11 rings (SSSR count). The summed E-state index contributed by atoms with van der Waals surface area (Å²) in [7, 11) is 0. The maximum Gasteiger partial charge on any atom is 0.145 e. The molecule has 0 amide bonds. The first-order valence-electron chi connectivity index (χ1n) is 18.1. The Hall–Kier alpha value is -7.10. The van der Waals surface area contributed by atoms with Crippen molar-refractivity contribution in [3.63, 3.8) is 0 Å². The molecule has 0 saturated heterocycles. The molecular weight excluding hydrogens is 645 g/mol. The summed E-state index contributed by atoms with van der Waals surface area (Å²) in [6.45, 7) is 0. The van der Waals surface area contributed by atoms with Crippen molar-refractivity contribution in [2.45, 2.75) is 0 Å². The van der Waals surface area contributed by atoms with E-state index in [0.29, 0.717) is 0 Å². The number of hydrogen-bond acceptors (Lipinski definition) is 2. The van der Waals surface area contributed by atoms with E-state index in [1.54, 1.807) is 0 Å². The molecule has 0 fully saturated rings. The van der Waals surface area contributed by atoms with E-state index in [1.807, 2.05) is 0 Å². The van der Waals surface area contributed by atoms with Crippen molar-refractivity contribution in [1.29, 1.82) is 0 Å². The minimum Gasteiger partial charge on any atom is -0.455 e. The van der Waals surface area contributed by atoms with Gasteiger partial charge in [0.25, 0.3) is 0 Å². The lowest BCUT2D eigenvalue weighted by Crippen LogP contribution is -2.11. The zero-order valence-corrected chi connectivity index (χ0v) is 28.8. The molecule has 53 heavy (non-hydrogen) atoms. The standard InChI is InChI=1S/C50H32N2O/c1-3-15-33(16-4-1)37-31-32-46(49-41-22-10-12-28-47(41)53-50(37)49)52(42-25-13-23-38-36-20-8-7-17-34(36)29-30-39(38)42)45-27-14-26-44-48(45)40-21-9-11-24-43(40)51(44)35-18-5-2-6-19-35/h1-32H. The Morgan fingerprint density at radius 2 is 1.02 bits per heavy atom. The number of aromatic nitrogens is 1. The van der Waals surface area contributed by atoms with E-state index in [2.05, 4.69) is 204 Å². The van der Waals surface area contributed by atoms with Gasteiger partial charge in [0.2, 0.25) is 0 Å². The number of benzene rings is 9. The Labute approximate surface area is 306 Å². The van der Waals surface area contributed by atoms with E-state index >= 15 is 0 Å². The van der Waals surface area contributed by atoms with E-state index < -0.39 is 0 Å². The van der Waals surface area contributed by atoms with E-state index in [9.17, 15) is 0 Å². The lowest BCUT2D eigenvalue weighted by molar-refractivity contribution is 0.670. The first kappa shape index (κ1) is 29.6. The van der Waals surface area contributed by atoms with Gasteiger partial charge in [0.15, 0.2) is 0 Å². The molecule has 248 valence electrons. The number of hydrogen-bond donors (Lipinski definition) is 0. The van der Waals surface area contributed by atoms with Gasteiger partial charge in [-0.25, -0.2) is 0 Å². The molecule has 0 unspecified atom stereocenters. The molecule has 9 aromatic carbocycles. The Balaban J connectivity index is 1.31. The zero-order chi connectivity index (χ0) is 34.9. The smallest absolute Gasteiger partial charge is 0.145 e. The van der Waals surface area contributed by atoms with Crippen molar-refractivity contribution in [2.75, 3.05) is 4.90 Å². The molecule has 0 atom stereocenters. The van der Waals surface area contributed by atoms with Crippen LogP contribution in [0, 0.1) is 0 Å². The summed E-state index contributed by atoms with van der Waals surface area (Å²) in [6, 6.07) is 69.7. The molecular formula is C50H32N2O. The Bertz CT molecular complexity index is 3160. The third-order valence-corrected chi connectivity index (χ3v) is 10.8. The van der Waals surface area contributed by atoms with Crippen LogP contribution in [0.3, 0.4) is 0 Å². The summed E-state index contributed by atoms with van der Waals surface area (Å²) < 4.78 is 9.23. The van der Waals surface area contributed by atoms with Gasteiger partial charge in [-0.2, -0.15) is 0 Å². The molecule has 0 bridgehead atoms. The minimum absolute atomic E-state index is 0.870. The van der Waals surface area contributed by atoms with Gasteiger partial charge >= 0.3 is 0 Å². The maximum absolute atomic E-state index is 6.83. The lowest BCUT2D eigenvalue weighted by atomic mass is 9.97. The van der Waals surface area contributed by atoms with Crippen molar-refractivity contribution in [1.82, 2.24) is 4.57 Å². The summed E-state index contributed by atoms with van der Waals surface area (Å²) in [5.74, 6) is 0. The Morgan fingerprint density at radius 3 is 1.89 bits per heavy atom. The van der Waals surface area contributed by atoms with E-state index in [-0.39, 0.29) is 0 Å². The number of anilines is 3. The molecule has 0 spiro atoms. The summed E-state index contributed by atoms with van der Waals surface area (Å²) in [4.78, 5) is 2.49. The largest absolute Gasteiger partial charge is 0.455 e. The molecule has 0 saturated carbocycles. The van der Waals surface area contributed by atoms with Crippen LogP contribution in [0.2, 0.25) is 0 Å². The van der Waals surface area contributed by atoms with Gasteiger partial charge in [0, 0.05) is 32.8 Å². The normalized spacial score (nSPS) is 11.8. The SMILES string of the molecule is c1ccc(-c2ccc(N(c3cccc4c3ccc3ccccc34)c3cccc4c3c3ccccc3n4-c3ccccc3)c3c2oc2ccccc23)cc1. The van der Waals surface area contributed by atoms with Crippen molar-refractivity contribution >= 4 is 82.4 Å². The number of furan rings is 1. The molecule has 2 heterocycles. The molecule has 0 aliphatic rings. The second-order valence-electron chi connectivity index (χ2n) is 13.7. The van der Waals surface area contributed by atoms with Gasteiger partial charge in [-0.15, -0.1) is 0 Å². The van der Waals surface area contributed by atoms with Crippen LogP contribution >= 0.6 is 0 Å². The van der Waals surface area contributed by atoms with Gasteiger partial charge in [0.05, 0.1) is 33.5 Å². The fourth-order valence-corrected chi connectivity index (χ4v) is 8.49. The third kappa shape index (κ3) is 4.47. The minimum atomic E-state index is 0.870. The summed E-state index contributed by atoms with van der Waals surface area (Å²) in [5, 5.41) is 9.44. The molecule has 0 aliphatic heterocycles. The third-order valence-electron chi connectivity index (χ3n) is 10.8. The van der Waals surface area contributed by atoms with Crippen LogP contribution in [0.1, 0.15) is 0 Å². The number of rotatable bonds is 5. The van der Waals surface area contributed by atoms with E-state index in [0.717, 1.165) is 61.3 Å². The molecule has 0 N–H and O–H groups in total. The molecule has 3 heteroatoms. The Morgan fingerprint density at radius 1 is 0.377 bits per heavy atom. The fourth-order valence-electron chi connectivity index (χ4n) is 8.49. The van der Waals surface area contributed by atoms with Crippen molar-refractivity contribution < 1.29 is 4.42 Å². The lowest BCUT2D eigenvalue weighted by Gasteiger charge is -2.29. The highest BCUT2D eigenvalue weighted by Gasteiger charge is 2.26. The van der Waals surface area contributed by atoms with Gasteiger partial charge in [0.1, 0.15) is 11.2 Å². The van der Waals surface area contributed by atoms with Crippen LogP contribution in [0.5, 0.6) is 0 Å². The van der Waals surface area contributed by atoms with Crippen molar-refractivity contribution in [3.05, 3.63) is 194 Å². The zero-order valence-electron chi connectivity index (χ0n) is 28.8. The molecule has 11 aromatic rings. The highest BCUT2D eigenvalue weighted by Crippen LogP contribution is 2.50. The molecule has 0 aliphatic carbocycles. The molecule has 2 aromatic heterocycles. The van der Waals surface area contributed by atoms with Gasteiger partial charge < -0.3 is 13.9 Å². The van der Waals surface area contributed by atoms with Crippen LogP contribution in [0.4, 0.5) is 17.1 Å². The van der Waals surface area contributed by atoms with Crippen molar-refractivity contribution in [2.24, 2.45) is 0 Å². The van der Waals surface area contributed by atoms with Gasteiger partial charge in [-0.05, 0) is 76.3 Å². The number of para-hydroxylation sites is 3. The predicted molar refractivity (Wildman–Crippen MR) is 223 cm³/mol. The summed E-state index contributed by atoms with van der Waals surface area (Å²) in [5.41, 5.74) is 10.7. The first-order valence-corrected chi connectivity index (χ1v) is 18.1. The van der Waals surface area contributed by atoms with E-state index in [4.69, 9.17) is 4.42 Å². The highest BCUT2D eigenvalue weighted by molar-refractivity contribution is 6.23. The predicted octanol–water partition coefficient (Wildman–Crippen LogP) is 14.1. The first-order chi connectivity index (χ1) is 26.3. The van der Waals surface area contributed by atoms with Gasteiger partial charge in [-0.1, -0.05) is 140 Å². The number of nitrogens with zero attached hydrogens (tertiary/aromatic N) is 2. The van der Waals surface area contributed by atoms with E-state index in [1.165, 1.54) is 37.8 Å². The van der Waals surface area contributed by atoms with Crippen LogP contribution in [-0.2, 0) is 0 Å². The maximum atomic E-state index is 6.83. The topological polar surface area (TPSA) is 21.3 Å². The van der Waals surface area contributed by atoms with Gasteiger partial charge in [-0.3, -0.25) is 0 Å². The van der Waals surface area contributed by atoms with Crippen LogP contribution < -0.4 is 4.90 Å². The second kappa shape index (κ2) is 11.7. The monoisotopic (exact) mass is 676 g/mol. The Kier molecular flexibility index (Phi) is 6.55. The summed E-state index contributed by atoms with van der Waals surface area (Å²) in [6.07, 6.45) is 0. The van der Waals surface area contributed by atoms with Crippen LogP contribution in [-0.4, -0.2) is 4.57 Å².